The quantitative estimate of drug-likeness (QED) is 0.288. The van der Waals surface area contributed by atoms with Crippen LogP contribution in [-0.2, 0) is 0 Å². The topological polar surface area (TPSA) is 29.3 Å². The van der Waals surface area contributed by atoms with E-state index in [1.165, 1.54) is 13.0 Å². The first-order valence-electron chi connectivity index (χ1n) is 2.83. The van der Waals surface area contributed by atoms with E-state index in [0.717, 1.165) is 6.54 Å². The van der Waals surface area contributed by atoms with Crippen LogP contribution >= 0.6 is 0 Å². The van der Waals surface area contributed by atoms with Crippen molar-refractivity contribution >= 4 is 0 Å². The molecule has 0 unspecified atom stereocenters. The van der Waals surface area contributed by atoms with Gasteiger partial charge in [-0.2, -0.15) is 0 Å². The van der Waals surface area contributed by atoms with Gasteiger partial charge in [0, 0.05) is 0 Å². The molecule has 0 aliphatic carbocycles. The van der Waals surface area contributed by atoms with Crippen molar-refractivity contribution in [2.75, 3.05) is 18.0 Å². The van der Waals surface area contributed by atoms with Crippen LogP contribution in [0.2, 0.25) is 0 Å². The van der Waals surface area contributed by atoms with Gasteiger partial charge >= 0.3 is 60.8 Å². The maximum absolute atomic E-state index is 5.68. The Morgan fingerprint density at radius 1 is 1.75 bits per heavy atom. The minimum atomic E-state index is 0.330. The van der Waals surface area contributed by atoms with Gasteiger partial charge in [0.05, 0.1) is 0 Å². The first-order chi connectivity index (χ1) is 3.83. The Kier molecular flexibility index (Phi) is 2.52. The molecular formula is C5H12IN2-. The van der Waals surface area contributed by atoms with Crippen molar-refractivity contribution in [2.24, 2.45) is 5.73 Å². The predicted octanol–water partition coefficient (Wildman–Crippen LogP) is -3.35. The Morgan fingerprint density at radius 3 is 2.75 bits per heavy atom. The molecule has 8 heavy (non-hydrogen) atoms. The fourth-order valence-electron chi connectivity index (χ4n) is 0.896. The van der Waals surface area contributed by atoms with Gasteiger partial charge in [0.25, 0.3) is 0 Å². The van der Waals surface area contributed by atoms with Crippen LogP contribution in [0.4, 0.5) is 0 Å². The monoisotopic (exact) mass is 227 g/mol. The van der Waals surface area contributed by atoms with Gasteiger partial charge in [0.15, 0.2) is 0 Å². The van der Waals surface area contributed by atoms with Gasteiger partial charge in [0.1, 0.15) is 0 Å². The standard InChI is InChI=1S/C5H12IN2/c1-6-8-3-2-5(7)4-8/h5H,2-4,7H2,1H3/q-1/t5-/m1/s1. The predicted molar refractivity (Wildman–Crippen MR) is 30.1 cm³/mol. The zero-order valence-corrected chi connectivity index (χ0v) is 7.26. The van der Waals surface area contributed by atoms with E-state index in [-0.39, 0.29) is 0 Å². The maximum atomic E-state index is 5.68. The average molecular weight is 227 g/mol. The van der Waals surface area contributed by atoms with E-state index in [0.29, 0.717) is 27.5 Å². The molecule has 1 saturated heterocycles. The first-order valence-corrected chi connectivity index (χ1v) is 5.95. The summed E-state index contributed by atoms with van der Waals surface area (Å²) in [4.78, 5) is 2.29. The third-order valence-corrected chi connectivity index (χ3v) is 3.66. The van der Waals surface area contributed by atoms with E-state index < -0.39 is 0 Å². The van der Waals surface area contributed by atoms with Gasteiger partial charge < -0.3 is 0 Å². The molecule has 1 atom stereocenters. The molecule has 50 valence electrons. The summed E-state index contributed by atoms with van der Waals surface area (Å²) in [5, 5.41) is 0. The second-order valence-corrected chi connectivity index (χ2v) is 4.42. The van der Waals surface area contributed by atoms with Crippen molar-refractivity contribution in [3.05, 3.63) is 0 Å². The molecule has 1 aliphatic rings. The van der Waals surface area contributed by atoms with Crippen molar-refractivity contribution in [3.63, 3.8) is 0 Å². The number of halogens is 1. The van der Waals surface area contributed by atoms with Crippen molar-refractivity contribution < 1.29 is 21.5 Å². The second-order valence-electron chi connectivity index (χ2n) is 2.09. The zero-order chi connectivity index (χ0) is 5.98. The van der Waals surface area contributed by atoms with Gasteiger partial charge in [0.2, 0.25) is 0 Å². The molecule has 1 aliphatic heterocycles. The molecule has 0 aromatic rings. The molecule has 0 radical (unpaired) electrons. The number of nitrogens with zero attached hydrogens (tertiary/aromatic N) is 1. The first kappa shape index (κ1) is 6.77. The summed E-state index contributed by atoms with van der Waals surface area (Å²) in [6.07, 6.45) is 1.22. The molecular weight excluding hydrogens is 215 g/mol. The van der Waals surface area contributed by atoms with E-state index >= 15 is 0 Å². The van der Waals surface area contributed by atoms with Crippen molar-refractivity contribution in [1.29, 1.82) is 0 Å². The Balaban J connectivity index is 2.22. The Bertz CT molecular complexity index is 76.8. The minimum absolute atomic E-state index is 0.330. The van der Waals surface area contributed by atoms with Crippen LogP contribution in [0.15, 0.2) is 0 Å². The van der Waals surface area contributed by atoms with Crippen LogP contribution in [0.3, 0.4) is 0 Å². The molecule has 0 spiro atoms. The van der Waals surface area contributed by atoms with E-state index in [2.05, 4.69) is 8.04 Å². The van der Waals surface area contributed by atoms with Crippen LogP contribution < -0.4 is 27.2 Å². The van der Waals surface area contributed by atoms with Crippen LogP contribution in [0.25, 0.3) is 0 Å². The number of hydrogen-bond donors (Lipinski definition) is 1. The van der Waals surface area contributed by atoms with Crippen LogP contribution in [0.5, 0.6) is 0 Å². The fraction of sp³-hybridized carbons (Fsp3) is 1.00. The third kappa shape index (κ3) is 1.56. The molecule has 0 amide bonds. The molecule has 0 bridgehead atoms. The van der Waals surface area contributed by atoms with Crippen LogP contribution in [-0.4, -0.2) is 27.2 Å². The van der Waals surface area contributed by atoms with Gasteiger partial charge in [-0.05, 0) is 0 Å². The second kappa shape index (κ2) is 2.98. The normalized spacial score (nSPS) is 32.0. The molecule has 3 heteroatoms. The SMILES string of the molecule is C[I-]N1CC[C@@H](N)C1. The molecule has 1 rings (SSSR count). The van der Waals surface area contributed by atoms with E-state index in [9.17, 15) is 0 Å². The van der Waals surface area contributed by atoms with Gasteiger partial charge in [-0.3, -0.25) is 0 Å². The molecule has 0 aromatic carbocycles. The van der Waals surface area contributed by atoms with Crippen LogP contribution in [0.1, 0.15) is 6.42 Å². The van der Waals surface area contributed by atoms with Crippen LogP contribution in [0, 0.1) is 0 Å². The average Bonchev–Trinajstić information content (AvgIpc) is 2.14. The van der Waals surface area contributed by atoms with Crippen molar-refractivity contribution in [1.82, 2.24) is 3.11 Å². The van der Waals surface area contributed by atoms with Crippen molar-refractivity contribution in [3.8, 4) is 0 Å². The van der Waals surface area contributed by atoms with E-state index in [4.69, 9.17) is 5.73 Å². The summed E-state index contributed by atoms with van der Waals surface area (Å²) < 4.78 is 2.49. The van der Waals surface area contributed by atoms with Gasteiger partial charge in [-0.25, -0.2) is 0 Å². The Labute approximate surface area is 61.0 Å². The summed E-state index contributed by atoms with van der Waals surface area (Å²) >= 11 is 0.330. The third-order valence-electron chi connectivity index (χ3n) is 1.41. The number of alkyl halides is 1. The Hall–Kier alpha value is 0.650. The summed E-state index contributed by atoms with van der Waals surface area (Å²) in [6.45, 7) is 2.41. The van der Waals surface area contributed by atoms with E-state index in [1.807, 2.05) is 0 Å². The number of nitrogens with two attached hydrogens (primary N) is 1. The number of hydrogen-bond acceptors (Lipinski definition) is 2. The van der Waals surface area contributed by atoms with Gasteiger partial charge in [-0.1, -0.05) is 0 Å². The molecule has 0 aromatic heterocycles. The molecule has 2 nitrogen and oxygen atoms in total. The molecule has 1 heterocycles. The molecule has 2 N–H and O–H groups in total. The summed E-state index contributed by atoms with van der Waals surface area (Å²) in [7, 11) is 0. The van der Waals surface area contributed by atoms with Gasteiger partial charge in [-0.15, -0.1) is 0 Å². The summed E-state index contributed by atoms with van der Waals surface area (Å²) in [5.41, 5.74) is 5.68. The van der Waals surface area contributed by atoms with Crippen molar-refractivity contribution in [2.45, 2.75) is 12.5 Å². The Morgan fingerprint density at radius 2 is 2.50 bits per heavy atom. The fourth-order valence-corrected chi connectivity index (χ4v) is 2.56. The van der Waals surface area contributed by atoms with E-state index in [1.54, 1.807) is 0 Å². The summed E-state index contributed by atoms with van der Waals surface area (Å²) in [6, 6.07) is 0.481. The number of rotatable bonds is 1. The molecule has 0 saturated carbocycles. The molecule has 1 fully saturated rings. The zero-order valence-electron chi connectivity index (χ0n) is 5.10. The summed E-state index contributed by atoms with van der Waals surface area (Å²) in [5.74, 6) is 0.